The molecule has 0 aliphatic rings. The Labute approximate surface area is 62.3 Å². The quantitative estimate of drug-likeness (QED) is 0.562. The fourth-order valence-corrected chi connectivity index (χ4v) is 0.940. The molecule has 2 rings (SSSR count). The molecular weight excluding hydrogens is 142 g/mol. The molecule has 0 fully saturated rings. The molecule has 1 heterocycles. The number of hydrogen-bond donors (Lipinski definition) is 0. The van der Waals surface area contributed by atoms with Crippen molar-refractivity contribution in [3.05, 3.63) is 40.8 Å². The van der Waals surface area contributed by atoms with Gasteiger partial charge in [0.05, 0.1) is 0 Å². The molecule has 0 bridgehead atoms. The minimum atomic E-state index is -0.413. The van der Waals surface area contributed by atoms with Gasteiger partial charge >= 0.3 is 5.63 Å². The second-order valence-corrected chi connectivity index (χ2v) is 2.20. The summed E-state index contributed by atoms with van der Waals surface area (Å²) < 4.78 is 4.43. The van der Waals surface area contributed by atoms with E-state index in [4.69, 9.17) is 0 Å². The number of aromatic nitrogens is 1. The molecule has 1 aromatic carbocycles. The van der Waals surface area contributed by atoms with E-state index in [1.807, 2.05) is 18.2 Å². The molecule has 0 spiro atoms. The molecule has 0 aliphatic carbocycles. The van der Waals surface area contributed by atoms with E-state index in [0.717, 1.165) is 5.39 Å². The van der Waals surface area contributed by atoms with Crippen LogP contribution in [0.3, 0.4) is 0 Å². The van der Waals surface area contributed by atoms with Crippen LogP contribution in [-0.2, 0) is 0 Å². The van der Waals surface area contributed by atoms with Crippen LogP contribution in [0.15, 0.2) is 39.6 Å². The van der Waals surface area contributed by atoms with E-state index < -0.39 is 5.63 Å². The van der Waals surface area contributed by atoms with Crippen molar-refractivity contribution in [3.63, 3.8) is 0 Å². The molecule has 0 N–H and O–H groups in total. The first-order chi connectivity index (χ1) is 5.36. The smallest absolute Gasteiger partial charge is 0.313 e. The maximum absolute atomic E-state index is 10.7. The first kappa shape index (κ1) is 6.09. The highest BCUT2D eigenvalue weighted by atomic mass is 16.5. The number of nitrogens with zero attached hydrogens (tertiary/aromatic N) is 1. The lowest BCUT2D eigenvalue weighted by atomic mass is 10.2. The Hall–Kier alpha value is -1.64. The molecule has 0 radical (unpaired) electrons. The molecule has 2 aromatic rings. The van der Waals surface area contributed by atoms with Gasteiger partial charge in [0.25, 0.3) is 0 Å². The summed E-state index contributed by atoms with van der Waals surface area (Å²) in [5.74, 6) is 0. The van der Waals surface area contributed by atoms with Gasteiger partial charge < -0.3 is 4.52 Å². The minimum absolute atomic E-state index is 0.413. The van der Waals surface area contributed by atoms with E-state index in [9.17, 15) is 4.79 Å². The van der Waals surface area contributed by atoms with Crippen molar-refractivity contribution < 1.29 is 4.52 Å². The van der Waals surface area contributed by atoms with Gasteiger partial charge in [-0.3, -0.25) is 0 Å². The van der Waals surface area contributed by atoms with E-state index >= 15 is 0 Å². The Balaban J connectivity index is 2.94. The summed E-state index contributed by atoms with van der Waals surface area (Å²) in [5.41, 5.74) is 0.288. The Morgan fingerprint density at radius 2 is 2.09 bits per heavy atom. The summed E-state index contributed by atoms with van der Waals surface area (Å²) in [4.78, 5) is 10.7. The van der Waals surface area contributed by atoms with Gasteiger partial charge in [-0.05, 0) is 6.07 Å². The highest BCUT2D eigenvalue weighted by Crippen LogP contribution is 2.05. The van der Waals surface area contributed by atoms with Gasteiger partial charge in [-0.15, -0.1) is 0 Å². The van der Waals surface area contributed by atoms with Crippen LogP contribution in [0, 0.1) is 0 Å². The molecular formula is C8H5NO2. The van der Waals surface area contributed by atoms with Crippen molar-refractivity contribution in [2.45, 2.75) is 0 Å². The Morgan fingerprint density at radius 3 is 3.00 bits per heavy atom. The van der Waals surface area contributed by atoms with Crippen LogP contribution in [0.2, 0.25) is 0 Å². The van der Waals surface area contributed by atoms with E-state index in [-0.39, 0.29) is 0 Å². The van der Waals surface area contributed by atoms with E-state index in [2.05, 4.69) is 9.68 Å². The number of rotatable bonds is 0. The predicted molar refractivity (Wildman–Crippen MR) is 40.3 cm³/mol. The first-order valence-electron chi connectivity index (χ1n) is 3.22. The topological polar surface area (TPSA) is 43.1 Å². The van der Waals surface area contributed by atoms with Gasteiger partial charge in [-0.25, -0.2) is 4.79 Å². The number of fused-ring (bicyclic) bond motifs is 1. The van der Waals surface area contributed by atoms with Crippen LogP contribution >= 0.6 is 0 Å². The van der Waals surface area contributed by atoms with Gasteiger partial charge in [-0.1, -0.05) is 23.4 Å². The average molecular weight is 147 g/mol. The molecule has 54 valence electrons. The van der Waals surface area contributed by atoms with E-state index in [1.165, 1.54) is 6.07 Å². The number of benzene rings is 1. The highest BCUT2D eigenvalue weighted by molar-refractivity contribution is 5.76. The predicted octanol–water partition coefficient (Wildman–Crippen LogP) is 1.19. The van der Waals surface area contributed by atoms with Crippen molar-refractivity contribution in [3.8, 4) is 0 Å². The summed E-state index contributed by atoms with van der Waals surface area (Å²) >= 11 is 0. The lowest BCUT2D eigenvalue weighted by molar-refractivity contribution is 0.382. The fourth-order valence-electron chi connectivity index (χ4n) is 0.940. The molecule has 11 heavy (non-hydrogen) atoms. The third-order valence-electron chi connectivity index (χ3n) is 1.44. The van der Waals surface area contributed by atoms with Gasteiger partial charge in [0.2, 0.25) is 0 Å². The molecule has 0 amide bonds. The van der Waals surface area contributed by atoms with Crippen molar-refractivity contribution in [2.24, 2.45) is 0 Å². The van der Waals surface area contributed by atoms with Crippen LogP contribution in [0.25, 0.3) is 10.9 Å². The Kier molecular flexibility index (Phi) is 1.22. The van der Waals surface area contributed by atoms with Crippen molar-refractivity contribution >= 4 is 10.9 Å². The summed E-state index contributed by atoms with van der Waals surface area (Å²) in [7, 11) is 0. The lowest BCUT2D eigenvalue weighted by Gasteiger charge is -1.89. The summed E-state index contributed by atoms with van der Waals surface area (Å²) in [6.45, 7) is 0. The first-order valence-corrected chi connectivity index (χ1v) is 3.22. The van der Waals surface area contributed by atoms with Crippen molar-refractivity contribution in [2.75, 3.05) is 0 Å². The van der Waals surface area contributed by atoms with Crippen molar-refractivity contribution in [1.82, 2.24) is 5.16 Å². The highest BCUT2D eigenvalue weighted by Gasteiger charge is 1.93. The van der Waals surface area contributed by atoms with Crippen LogP contribution in [0.4, 0.5) is 0 Å². The van der Waals surface area contributed by atoms with Crippen molar-refractivity contribution in [1.29, 1.82) is 0 Å². The zero-order chi connectivity index (χ0) is 7.68. The van der Waals surface area contributed by atoms with Gasteiger partial charge in [0, 0.05) is 11.5 Å². The number of hydrogen-bond acceptors (Lipinski definition) is 3. The van der Waals surface area contributed by atoms with Crippen LogP contribution in [0.5, 0.6) is 0 Å². The minimum Gasteiger partial charge on any atom is -0.313 e. The molecule has 0 saturated heterocycles. The fraction of sp³-hybridized carbons (Fsp3) is 0. The monoisotopic (exact) mass is 147 g/mol. The molecule has 0 aliphatic heterocycles. The van der Waals surface area contributed by atoms with Gasteiger partial charge in [0.1, 0.15) is 5.52 Å². The summed E-state index contributed by atoms with van der Waals surface area (Å²) in [5, 5.41) is 4.40. The molecule has 0 atom stereocenters. The normalized spacial score (nSPS) is 10.2. The molecule has 0 saturated carbocycles. The van der Waals surface area contributed by atoms with E-state index in [0.29, 0.717) is 5.52 Å². The third-order valence-corrected chi connectivity index (χ3v) is 1.44. The van der Waals surface area contributed by atoms with Crippen LogP contribution in [-0.4, -0.2) is 5.16 Å². The van der Waals surface area contributed by atoms with Gasteiger partial charge in [0.15, 0.2) is 0 Å². The molecule has 0 unspecified atom stereocenters. The summed E-state index contributed by atoms with van der Waals surface area (Å²) in [6, 6.07) is 8.72. The largest absolute Gasteiger partial charge is 0.359 e. The lowest BCUT2D eigenvalue weighted by Crippen LogP contribution is -1.96. The van der Waals surface area contributed by atoms with E-state index in [1.54, 1.807) is 6.07 Å². The Bertz CT molecular complexity index is 433. The molecule has 3 heteroatoms. The molecule has 1 aromatic heterocycles. The second kappa shape index (κ2) is 2.20. The van der Waals surface area contributed by atoms with Crippen LogP contribution < -0.4 is 5.63 Å². The maximum atomic E-state index is 10.7. The van der Waals surface area contributed by atoms with Gasteiger partial charge in [-0.2, -0.15) is 0 Å². The summed E-state index contributed by atoms with van der Waals surface area (Å²) in [6.07, 6.45) is 0. The average Bonchev–Trinajstić information content (AvgIpc) is 2.04. The third kappa shape index (κ3) is 1.00. The zero-order valence-electron chi connectivity index (χ0n) is 5.65. The zero-order valence-corrected chi connectivity index (χ0v) is 5.65. The second-order valence-electron chi connectivity index (χ2n) is 2.20. The SMILES string of the molecule is O=c1cc2ccccc2no1. The van der Waals surface area contributed by atoms with Crippen LogP contribution in [0.1, 0.15) is 0 Å². The molecule has 3 nitrogen and oxygen atoms in total. The Morgan fingerprint density at radius 1 is 1.27 bits per heavy atom. The maximum Gasteiger partial charge on any atom is 0.359 e. The standard InChI is InChI=1S/C8H5NO2/c10-8-5-6-3-1-2-4-7(6)9-11-8/h1-5H.